The first-order chi connectivity index (χ1) is 18.3. The fourth-order valence-electron chi connectivity index (χ4n) is 8.88. The quantitative estimate of drug-likeness (QED) is 0.575. The van der Waals surface area contributed by atoms with Crippen LogP contribution in [-0.2, 0) is 21.0 Å². The Morgan fingerprint density at radius 3 is 2.59 bits per heavy atom. The van der Waals surface area contributed by atoms with E-state index in [0.717, 1.165) is 5.56 Å². The largest absolute Gasteiger partial charge is 0.390 e. The van der Waals surface area contributed by atoms with Crippen LogP contribution in [0.5, 0.6) is 0 Å². The van der Waals surface area contributed by atoms with Gasteiger partial charge in [-0.2, -0.15) is 5.06 Å². The summed E-state index contributed by atoms with van der Waals surface area (Å²) in [4.78, 5) is 34.3. The molecule has 6 nitrogen and oxygen atoms in total. The van der Waals surface area contributed by atoms with Crippen LogP contribution in [0, 0.1) is 28.6 Å². The third-order valence-electron chi connectivity index (χ3n) is 10.7. The molecule has 8 atom stereocenters. The first-order valence-corrected chi connectivity index (χ1v) is 14.0. The van der Waals surface area contributed by atoms with E-state index in [1.54, 1.807) is 38.2 Å². The number of benzene rings is 1. The minimum atomic E-state index is -2.18. The molecule has 2 saturated carbocycles. The number of aliphatic hydroxyl groups excluding tert-OH is 1. The highest BCUT2D eigenvalue weighted by Crippen LogP contribution is 2.72. The van der Waals surface area contributed by atoms with Crippen molar-refractivity contribution in [2.75, 3.05) is 20.6 Å². The van der Waals surface area contributed by atoms with Crippen molar-refractivity contribution >= 4 is 23.3 Å². The molecule has 5 aliphatic rings. The minimum absolute atomic E-state index is 0.0121. The van der Waals surface area contributed by atoms with Crippen molar-refractivity contribution in [1.29, 1.82) is 0 Å². The second-order valence-electron chi connectivity index (χ2n) is 12.8. The number of carbonyl (C=O) groups excluding carboxylic acids is 2. The maximum atomic E-state index is 17.5. The van der Waals surface area contributed by atoms with Gasteiger partial charge in [0.25, 0.3) is 5.91 Å². The van der Waals surface area contributed by atoms with Crippen LogP contribution >= 0.6 is 11.6 Å². The summed E-state index contributed by atoms with van der Waals surface area (Å²) in [6.45, 7) is 4.40. The molecule has 1 aliphatic heterocycles. The van der Waals surface area contributed by atoms with E-state index in [4.69, 9.17) is 16.4 Å². The second kappa shape index (κ2) is 8.68. The molecular weight excluding hydrogens is 526 g/mol. The molecule has 4 aliphatic carbocycles. The zero-order valence-corrected chi connectivity index (χ0v) is 23.5. The van der Waals surface area contributed by atoms with Crippen LogP contribution in [0.2, 0.25) is 5.02 Å². The summed E-state index contributed by atoms with van der Waals surface area (Å²) in [7, 11) is 3.35. The third kappa shape index (κ3) is 3.41. The maximum absolute atomic E-state index is 17.5. The van der Waals surface area contributed by atoms with E-state index in [9.17, 15) is 14.7 Å². The average Bonchev–Trinajstić information content (AvgIpc) is 3.35. The molecular formula is C30H35ClF2N2O4. The number of hydrogen-bond acceptors (Lipinski definition) is 5. The smallest absolute Gasteiger partial charge is 0.257 e. The molecule has 0 spiro atoms. The highest BCUT2D eigenvalue weighted by molar-refractivity contribution is 6.30. The normalized spacial score (nSPS) is 43.1. The van der Waals surface area contributed by atoms with Crippen LogP contribution in [0.3, 0.4) is 0 Å². The molecule has 210 valence electrons. The van der Waals surface area contributed by atoms with Crippen molar-refractivity contribution in [1.82, 2.24) is 9.96 Å². The predicted octanol–water partition coefficient (Wildman–Crippen LogP) is 4.81. The molecule has 0 bridgehead atoms. The van der Waals surface area contributed by atoms with E-state index in [0.29, 0.717) is 24.5 Å². The lowest BCUT2D eigenvalue weighted by molar-refractivity contribution is -0.269. The number of hydrogen-bond donors (Lipinski definition) is 1. The van der Waals surface area contributed by atoms with Crippen LogP contribution in [0.15, 0.2) is 47.8 Å². The molecule has 6 rings (SSSR count). The topological polar surface area (TPSA) is 70.1 Å². The van der Waals surface area contributed by atoms with Gasteiger partial charge in [0.2, 0.25) is 0 Å². The van der Waals surface area contributed by atoms with Gasteiger partial charge in [-0.25, -0.2) is 8.78 Å². The number of alkyl halides is 1. The Bertz CT molecular complexity index is 1300. The fourth-order valence-corrected chi connectivity index (χ4v) is 9.00. The Balaban J connectivity index is 1.41. The number of amides is 1. The molecule has 0 radical (unpaired) electrons. The molecule has 1 saturated heterocycles. The Morgan fingerprint density at radius 2 is 1.92 bits per heavy atom. The number of carbonyl (C=O) groups is 2. The van der Waals surface area contributed by atoms with E-state index in [1.165, 1.54) is 17.1 Å². The van der Waals surface area contributed by atoms with Crippen LogP contribution in [-0.4, -0.2) is 64.8 Å². The Labute approximate surface area is 232 Å². The van der Waals surface area contributed by atoms with E-state index in [-0.39, 0.29) is 42.4 Å². The molecule has 1 amide bonds. The maximum Gasteiger partial charge on any atom is 0.257 e. The van der Waals surface area contributed by atoms with Gasteiger partial charge in [-0.05, 0) is 55.0 Å². The standard InChI is InChI=1S/C30H35ClF2N2O4/c1-27-10-9-20(36)12-23(27)24(32)13-22-21-11-18-16-35(15-17-5-7-19(31)8-6-17)39-30(18,26(38)34(3)4)28(21,2)14-25(37)29(22,27)33/h5-10,18,21-22,25,37H,11-16H2,1-4H3/t18-,21-,22-,25-,27-,28-,29-,30-/m0/s1. The number of fused-ring (bicyclic) bond motifs is 7. The van der Waals surface area contributed by atoms with Gasteiger partial charge in [-0.15, -0.1) is 0 Å². The van der Waals surface area contributed by atoms with Crippen LogP contribution in [0.4, 0.5) is 8.78 Å². The second-order valence-corrected chi connectivity index (χ2v) is 13.2. The fraction of sp³-hybridized carbons (Fsp3) is 0.600. The van der Waals surface area contributed by atoms with Crippen LogP contribution in [0.25, 0.3) is 0 Å². The number of aliphatic hydroxyl groups is 1. The molecule has 1 N–H and O–H groups in total. The lowest BCUT2D eigenvalue weighted by Gasteiger charge is -2.62. The first kappa shape index (κ1) is 27.1. The van der Waals surface area contributed by atoms with Gasteiger partial charge in [0.1, 0.15) is 5.83 Å². The van der Waals surface area contributed by atoms with Gasteiger partial charge in [0.15, 0.2) is 17.1 Å². The molecule has 9 heteroatoms. The number of likely N-dealkylation sites (N-methyl/N-ethyl adjacent to an activating group) is 1. The molecule has 0 aromatic heterocycles. The van der Waals surface area contributed by atoms with Gasteiger partial charge in [-0.3, -0.25) is 14.4 Å². The van der Waals surface area contributed by atoms with Gasteiger partial charge in [0.05, 0.1) is 6.10 Å². The highest BCUT2D eigenvalue weighted by atomic mass is 35.5. The van der Waals surface area contributed by atoms with Crippen LogP contribution in [0.1, 0.15) is 45.1 Å². The summed E-state index contributed by atoms with van der Waals surface area (Å²) in [5.74, 6) is -2.52. The summed E-state index contributed by atoms with van der Waals surface area (Å²) in [6, 6.07) is 7.42. The van der Waals surface area contributed by atoms with E-state index < -0.39 is 45.9 Å². The minimum Gasteiger partial charge on any atom is -0.390 e. The van der Waals surface area contributed by atoms with E-state index >= 15 is 8.78 Å². The monoisotopic (exact) mass is 560 g/mol. The molecule has 1 heterocycles. The van der Waals surface area contributed by atoms with E-state index in [1.807, 2.05) is 19.1 Å². The molecule has 0 unspecified atom stereocenters. The lowest BCUT2D eigenvalue weighted by Crippen LogP contribution is -2.70. The number of nitrogens with zero attached hydrogens (tertiary/aromatic N) is 2. The first-order valence-electron chi connectivity index (χ1n) is 13.6. The van der Waals surface area contributed by atoms with Gasteiger partial charge < -0.3 is 10.0 Å². The lowest BCUT2D eigenvalue weighted by atomic mass is 9.45. The summed E-state index contributed by atoms with van der Waals surface area (Å²) in [6.07, 6.45) is 1.37. The van der Waals surface area contributed by atoms with Crippen molar-refractivity contribution in [3.8, 4) is 0 Å². The zero-order chi connectivity index (χ0) is 28.1. The van der Waals surface area contributed by atoms with Gasteiger partial charge in [-0.1, -0.05) is 36.7 Å². The Kier molecular flexibility index (Phi) is 6.03. The molecule has 39 heavy (non-hydrogen) atoms. The van der Waals surface area contributed by atoms with Crippen molar-refractivity contribution < 1.29 is 28.3 Å². The number of hydroxylamine groups is 2. The van der Waals surface area contributed by atoms with E-state index in [2.05, 4.69) is 0 Å². The SMILES string of the molecule is CN(C)C(=O)[C@@]12ON(Cc3ccc(Cl)cc3)C[C@@H]1C[C@H]1[C@@H]3CC(F)=C4CC(=O)C=C[C@]4(C)[C@@]3(F)[C@@H](O)C[C@@]12C. The molecule has 1 aromatic carbocycles. The highest BCUT2D eigenvalue weighted by Gasteiger charge is 2.79. The van der Waals surface area contributed by atoms with Gasteiger partial charge in [0, 0.05) is 67.7 Å². The van der Waals surface area contributed by atoms with Crippen molar-refractivity contribution in [2.45, 2.75) is 63.4 Å². The average molecular weight is 561 g/mol. The van der Waals surface area contributed by atoms with Crippen molar-refractivity contribution in [2.24, 2.45) is 28.6 Å². The number of halogens is 3. The van der Waals surface area contributed by atoms with Gasteiger partial charge >= 0.3 is 0 Å². The zero-order valence-electron chi connectivity index (χ0n) is 22.7. The summed E-state index contributed by atoms with van der Waals surface area (Å²) < 4.78 is 33.2. The summed E-state index contributed by atoms with van der Waals surface area (Å²) >= 11 is 6.05. The Hall–Kier alpha value is -2.13. The van der Waals surface area contributed by atoms with Crippen molar-refractivity contribution in [3.05, 3.63) is 58.4 Å². The van der Waals surface area contributed by atoms with Crippen LogP contribution < -0.4 is 0 Å². The third-order valence-corrected chi connectivity index (χ3v) is 11.0. The molecule has 3 fully saturated rings. The predicted molar refractivity (Wildman–Crippen MR) is 142 cm³/mol. The summed E-state index contributed by atoms with van der Waals surface area (Å²) in [5.41, 5.74) is -4.78. The Morgan fingerprint density at radius 1 is 1.23 bits per heavy atom. The number of allylic oxidation sites excluding steroid dienone is 4. The van der Waals surface area contributed by atoms with Crippen molar-refractivity contribution in [3.63, 3.8) is 0 Å². The number of ketones is 1. The molecule has 1 aromatic rings. The number of rotatable bonds is 3. The summed E-state index contributed by atoms with van der Waals surface area (Å²) in [5, 5.41) is 14.1.